The van der Waals surface area contributed by atoms with Crippen LogP contribution in [0.3, 0.4) is 0 Å². The van der Waals surface area contributed by atoms with Gasteiger partial charge in [0.05, 0.1) is 0 Å². The Hall–Kier alpha value is 0.430. The van der Waals surface area contributed by atoms with Crippen LogP contribution in [0.5, 0.6) is 0 Å². The average Bonchev–Trinajstić information content (AvgIpc) is 1.65. The van der Waals surface area contributed by atoms with E-state index in [2.05, 4.69) is 34.1 Å². The fraction of sp³-hybridized carbons (Fsp3) is 1.00. The van der Waals surface area contributed by atoms with Crippen molar-refractivity contribution in [3.05, 3.63) is 0 Å². The number of hydrogen-bond donors (Lipinski definition) is 0. The maximum atomic E-state index is 2.49. The van der Waals surface area contributed by atoms with E-state index < -0.39 is 7.26 Å². The molecule has 0 aliphatic carbocycles. The number of hydrogen-bond acceptors (Lipinski definition) is 0. The molecule has 0 nitrogen and oxygen atoms in total. The Kier molecular flexibility index (Phi) is 3.73. The van der Waals surface area contributed by atoms with E-state index in [1.54, 1.807) is 0 Å². The summed E-state index contributed by atoms with van der Waals surface area (Å²) in [5.74, 6) is 0. The van der Waals surface area contributed by atoms with Crippen molar-refractivity contribution in [2.45, 2.75) is 32.9 Å². The van der Waals surface area contributed by atoms with Gasteiger partial charge in [0, 0.05) is 0 Å². The summed E-state index contributed by atoms with van der Waals surface area (Å²) in [6.45, 7) is 12.0. The molecule has 0 heterocycles. The molecule has 58 valence electrons. The SMILES string of the molecule is CCC[PH](C)(C)C(C)C. The molecule has 0 N–H and O–H groups in total. The molecule has 0 amide bonds. The normalized spacial score (nSPS) is 14.4. The zero-order valence-corrected chi connectivity index (χ0v) is 8.49. The molecule has 0 saturated carbocycles. The molecule has 0 radical (unpaired) electrons. The second-order valence-electron chi connectivity index (χ2n) is 3.89. The molecular formula is C8H21P. The van der Waals surface area contributed by atoms with Crippen LogP contribution in [0, 0.1) is 0 Å². The van der Waals surface area contributed by atoms with E-state index >= 15 is 0 Å². The minimum atomic E-state index is -0.781. The van der Waals surface area contributed by atoms with Gasteiger partial charge in [-0.15, -0.1) is 0 Å². The monoisotopic (exact) mass is 148 g/mol. The van der Waals surface area contributed by atoms with Crippen LogP contribution in [0.1, 0.15) is 27.2 Å². The fourth-order valence-electron chi connectivity index (χ4n) is 0.933. The van der Waals surface area contributed by atoms with Crippen LogP contribution in [-0.2, 0) is 0 Å². The van der Waals surface area contributed by atoms with E-state index in [-0.39, 0.29) is 0 Å². The first-order valence-corrected chi connectivity index (χ1v) is 7.29. The van der Waals surface area contributed by atoms with Crippen LogP contribution in [0.2, 0.25) is 0 Å². The Morgan fingerprint density at radius 3 is 1.78 bits per heavy atom. The quantitative estimate of drug-likeness (QED) is 0.540. The van der Waals surface area contributed by atoms with Gasteiger partial charge < -0.3 is 0 Å². The van der Waals surface area contributed by atoms with Crippen molar-refractivity contribution >= 4 is 7.26 Å². The van der Waals surface area contributed by atoms with E-state index in [9.17, 15) is 0 Å². The second kappa shape index (κ2) is 3.56. The minimum absolute atomic E-state index is 0.781. The third-order valence-corrected chi connectivity index (χ3v) is 7.37. The molecule has 0 fully saturated rings. The van der Waals surface area contributed by atoms with Crippen LogP contribution in [0.25, 0.3) is 0 Å². The number of rotatable bonds is 3. The van der Waals surface area contributed by atoms with Crippen molar-refractivity contribution in [1.29, 1.82) is 0 Å². The van der Waals surface area contributed by atoms with Crippen molar-refractivity contribution in [3.8, 4) is 0 Å². The maximum absolute atomic E-state index is 2.49. The summed E-state index contributed by atoms with van der Waals surface area (Å²) in [6.07, 6.45) is 2.86. The molecule has 0 spiro atoms. The topological polar surface area (TPSA) is 0 Å². The van der Waals surface area contributed by atoms with E-state index in [1.807, 2.05) is 0 Å². The molecule has 0 aromatic carbocycles. The molecular weight excluding hydrogens is 127 g/mol. The van der Waals surface area contributed by atoms with Gasteiger partial charge in [0.25, 0.3) is 0 Å². The van der Waals surface area contributed by atoms with Gasteiger partial charge in [-0.1, -0.05) is 0 Å². The van der Waals surface area contributed by atoms with Gasteiger partial charge in [-0.2, -0.15) is 0 Å². The predicted octanol–water partition coefficient (Wildman–Crippen LogP) is 2.81. The zero-order valence-electron chi connectivity index (χ0n) is 7.49. The fourth-order valence-corrected chi connectivity index (χ4v) is 2.80. The van der Waals surface area contributed by atoms with Crippen molar-refractivity contribution < 1.29 is 0 Å². The summed E-state index contributed by atoms with van der Waals surface area (Å²) < 4.78 is 0. The summed E-state index contributed by atoms with van der Waals surface area (Å²) in [5, 5.41) is 0. The molecule has 0 aliphatic heterocycles. The molecule has 0 bridgehead atoms. The summed E-state index contributed by atoms with van der Waals surface area (Å²) >= 11 is 0. The van der Waals surface area contributed by atoms with Crippen LogP contribution >= 0.6 is 7.26 Å². The average molecular weight is 148 g/mol. The van der Waals surface area contributed by atoms with Gasteiger partial charge in [-0.05, 0) is 0 Å². The molecule has 0 saturated heterocycles. The van der Waals surface area contributed by atoms with Crippen LogP contribution in [0.15, 0.2) is 0 Å². The van der Waals surface area contributed by atoms with Gasteiger partial charge in [0.1, 0.15) is 0 Å². The third-order valence-electron chi connectivity index (χ3n) is 2.46. The molecule has 0 aliphatic rings. The first-order chi connectivity index (χ1) is 4.00. The van der Waals surface area contributed by atoms with E-state index in [4.69, 9.17) is 0 Å². The van der Waals surface area contributed by atoms with Crippen molar-refractivity contribution in [3.63, 3.8) is 0 Å². The molecule has 0 aromatic heterocycles. The van der Waals surface area contributed by atoms with E-state index in [0.717, 1.165) is 5.66 Å². The molecule has 0 rings (SSSR count). The van der Waals surface area contributed by atoms with Crippen molar-refractivity contribution in [2.75, 3.05) is 19.5 Å². The van der Waals surface area contributed by atoms with Crippen molar-refractivity contribution in [1.82, 2.24) is 0 Å². The molecule has 0 atom stereocenters. The van der Waals surface area contributed by atoms with Crippen LogP contribution in [-0.4, -0.2) is 25.2 Å². The van der Waals surface area contributed by atoms with Gasteiger partial charge in [0.2, 0.25) is 0 Å². The molecule has 9 heavy (non-hydrogen) atoms. The van der Waals surface area contributed by atoms with Gasteiger partial charge >= 0.3 is 59.6 Å². The summed E-state index contributed by atoms with van der Waals surface area (Å²) in [5.41, 5.74) is 0.956. The second-order valence-corrected chi connectivity index (χ2v) is 9.53. The van der Waals surface area contributed by atoms with E-state index in [0.29, 0.717) is 0 Å². The van der Waals surface area contributed by atoms with E-state index in [1.165, 1.54) is 12.6 Å². The Labute approximate surface area is 60.4 Å². The standard InChI is InChI=1S/C8H21P/c1-6-7-9(4,5)8(2)3/h8-9H,6-7H2,1-5H3. The predicted molar refractivity (Wildman–Crippen MR) is 50.5 cm³/mol. The summed E-state index contributed by atoms with van der Waals surface area (Å²) in [7, 11) is -0.781. The van der Waals surface area contributed by atoms with Crippen molar-refractivity contribution in [2.24, 2.45) is 0 Å². The molecule has 0 unspecified atom stereocenters. The first-order valence-electron chi connectivity index (χ1n) is 4.00. The molecule has 1 heteroatoms. The summed E-state index contributed by atoms with van der Waals surface area (Å²) in [6, 6.07) is 0. The van der Waals surface area contributed by atoms with Gasteiger partial charge in [-0.3, -0.25) is 0 Å². The zero-order chi connectivity index (χ0) is 7.49. The van der Waals surface area contributed by atoms with Crippen LogP contribution < -0.4 is 0 Å². The third kappa shape index (κ3) is 3.20. The van der Waals surface area contributed by atoms with Gasteiger partial charge in [-0.25, -0.2) is 0 Å². The summed E-state index contributed by atoms with van der Waals surface area (Å²) in [4.78, 5) is 0. The first kappa shape index (κ1) is 9.43. The van der Waals surface area contributed by atoms with Gasteiger partial charge in [0.15, 0.2) is 0 Å². The Bertz CT molecular complexity index is 74.6. The Morgan fingerprint density at radius 2 is 1.67 bits per heavy atom. The van der Waals surface area contributed by atoms with Crippen LogP contribution in [0.4, 0.5) is 0 Å². The Morgan fingerprint density at radius 1 is 1.22 bits per heavy atom. The Balaban J connectivity index is 3.70. The molecule has 0 aromatic rings.